The number of aromatic nitrogens is 2. The van der Waals surface area contributed by atoms with Gasteiger partial charge in [0.2, 0.25) is 5.88 Å². The van der Waals surface area contributed by atoms with Gasteiger partial charge in [-0.05, 0) is 6.07 Å². The minimum atomic E-state index is -1.22. The smallest absolute Gasteiger partial charge is 0.352 e. The summed E-state index contributed by atoms with van der Waals surface area (Å²) >= 11 is 1.35. The van der Waals surface area contributed by atoms with Crippen LogP contribution in [0.2, 0.25) is 0 Å². The van der Waals surface area contributed by atoms with Crippen molar-refractivity contribution in [2.24, 2.45) is 5.16 Å². The van der Waals surface area contributed by atoms with Crippen LogP contribution in [0, 0.1) is 0 Å². The van der Waals surface area contributed by atoms with Gasteiger partial charge in [-0.15, -0.1) is 11.8 Å². The maximum atomic E-state index is 13.0. The fraction of sp³-hybridized carbons (Fsp3) is 0.238. The number of oxime groups is 1. The molecule has 0 radical (unpaired) electrons. The minimum Gasteiger partial charge on any atom is -0.477 e. The molecular weight excluding hydrogens is 480 g/mol. The molecule has 0 saturated carbocycles. The summed E-state index contributed by atoms with van der Waals surface area (Å²) in [5.74, 6) is -2.19. The number of amides is 2. The minimum absolute atomic E-state index is 0.0284. The molecule has 3 aromatic rings. The number of nitrogen functional groups attached to an aromatic ring is 1. The van der Waals surface area contributed by atoms with Gasteiger partial charge in [-0.1, -0.05) is 10.3 Å². The Labute approximate surface area is 201 Å². The number of aliphatic carboxylic acids is 1. The molecule has 13 nitrogen and oxygen atoms in total. The lowest BCUT2D eigenvalue weighted by Gasteiger charge is -2.49. The number of carbonyl (C=O) groups is 3. The highest BCUT2D eigenvalue weighted by atomic mass is 32.2. The van der Waals surface area contributed by atoms with Crippen LogP contribution in [0.25, 0.3) is 11.1 Å². The van der Waals surface area contributed by atoms with E-state index in [1.54, 1.807) is 18.4 Å². The number of anilines is 1. The van der Waals surface area contributed by atoms with E-state index in [2.05, 4.69) is 15.6 Å². The van der Waals surface area contributed by atoms with Gasteiger partial charge in [0.1, 0.15) is 29.9 Å². The van der Waals surface area contributed by atoms with E-state index < -0.39 is 29.2 Å². The zero-order valence-electron chi connectivity index (χ0n) is 18.2. The number of hydrogen-bond acceptors (Lipinski definition) is 10. The van der Waals surface area contributed by atoms with E-state index in [0.717, 1.165) is 5.52 Å². The molecule has 35 heavy (non-hydrogen) atoms. The molecule has 2 aliphatic heterocycles. The monoisotopic (exact) mass is 499 g/mol. The van der Waals surface area contributed by atoms with Crippen LogP contribution in [0.4, 0.5) is 5.88 Å². The second-order valence-corrected chi connectivity index (χ2v) is 8.77. The normalized spacial score (nSPS) is 20.0. The van der Waals surface area contributed by atoms with E-state index in [9.17, 15) is 19.5 Å². The lowest BCUT2D eigenvalue weighted by molar-refractivity contribution is -0.663. The van der Waals surface area contributed by atoms with Gasteiger partial charge in [-0.2, -0.15) is 4.57 Å². The topological polar surface area (TPSA) is 177 Å². The number of fused-ring (bicyclic) bond motifs is 2. The largest absolute Gasteiger partial charge is 0.477 e. The van der Waals surface area contributed by atoms with Crippen molar-refractivity contribution in [2.75, 3.05) is 18.6 Å². The molecule has 0 spiro atoms. The molecule has 3 aromatic heterocycles. The van der Waals surface area contributed by atoms with Gasteiger partial charge in [0.25, 0.3) is 17.3 Å². The van der Waals surface area contributed by atoms with E-state index >= 15 is 0 Å². The van der Waals surface area contributed by atoms with Crippen LogP contribution >= 0.6 is 11.8 Å². The van der Waals surface area contributed by atoms with Crippen LogP contribution in [0.3, 0.4) is 0 Å². The van der Waals surface area contributed by atoms with Crippen LogP contribution in [-0.4, -0.2) is 62.9 Å². The quantitative estimate of drug-likeness (QED) is 0.175. The van der Waals surface area contributed by atoms with Crippen LogP contribution in [0.1, 0.15) is 5.69 Å². The fourth-order valence-corrected chi connectivity index (χ4v) is 5.38. The summed E-state index contributed by atoms with van der Waals surface area (Å²) in [6.07, 6.45) is 3.37. The summed E-state index contributed by atoms with van der Waals surface area (Å²) in [4.78, 5) is 43.9. The molecule has 1 saturated heterocycles. The molecule has 4 N–H and O–H groups in total. The van der Waals surface area contributed by atoms with Crippen LogP contribution in [0.5, 0.6) is 0 Å². The van der Waals surface area contributed by atoms with Crippen molar-refractivity contribution in [3.05, 3.63) is 53.7 Å². The molecule has 180 valence electrons. The van der Waals surface area contributed by atoms with E-state index in [4.69, 9.17) is 19.5 Å². The third kappa shape index (κ3) is 3.86. The van der Waals surface area contributed by atoms with E-state index in [1.807, 2.05) is 16.8 Å². The Bertz CT molecular complexity index is 1410. The maximum Gasteiger partial charge on any atom is 0.352 e. The Hall–Kier alpha value is -4.33. The molecular formula is C21H19N6O7S+. The van der Waals surface area contributed by atoms with Gasteiger partial charge >= 0.3 is 5.97 Å². The second-order valence-electron chi connectivity index (χ2n) is 7.66. The first kappa shape index (κ1) is 22.5. The van der Waals surface area contributed by atoms with Gasteiger partial charge < -0.3 is 29.9 Å². The predicted octanol–water partition coefficient (Wildman–Crippen LogP) is 0.0798. The first-order valence-corrected chi connectivity index (χ1v) is 11.3. The highest BCUT2D eigenvalue weighted by Crippen LogP contribution is 2.40. The number of hydrogen-bond donors (Lipinski definition) is 3. The van der Waals surface area contributed by atoms with Crippen LogP contribution in [-0.2, 0) is 25.8 Å². The third-order valence-corrected chi connectivity index (χ3v) is 6.90. The van der Waals surface area contributed by atoms with Gasteiger partial charge in [0.15, 0.2) is 24.0 Å². The first-order valence-electron chi connectivity index (χ1n) is 10.3. The van der Waals surface area contributed by atoms with Crippen molar-refractivity contribution in [3.8, 4) is 0 Å². The molecule has 2 amide bonds. The average molecular weight is 499 g/mol. The van der Waals surface area contributed by atoms with E-state index in [1.165, 1.54) is 29.8 Å². The Morgan fingerprint density at radius 2 is 2.29 bits per heavy atom. The van der Waals surface area contributed by atoms with Crippen LogP contribution in [0.15, 0.2) is 62.1 Å². The predicted molar refractivity (Wildman–Crippen MR) is 121 cm³/mol. The van der Waals surface area contributed by atoms with Crippen molar-refractivity contribution in [3.63, 3.8) is 0 Å². The average Bonchev–Trinajstić information content (AvgIpc) is 3.49. The number of thioether (sulfide) groups is 1. The number of nitrogens with one attached hydrogen (secondary N) is 1. The summed E-state index contributed by atoms with van der Waals surface area (Å²) in [6, 6.07) is 5.73. The first-order chi connectivity index (χ1) is 16.9. The molecule has 5 rings (SSSR count). The summed E-state index contributed by atoms with van der Waals surface area (Å²) in [6.45, 7) is 0.261. The number of carboxylic acid groups (broad SMARTS) is 1. The molecule has 14 heteroatoms. The maximum absolute atomic E-state index is 13.0. The lowest BCUT2D eigenvalue weighted by atomic mass is 10.0. The number of rotatable bonds is 7. The Kier molecular flexibility index (Phi) is 5.64. The third-order valence-electron chi connectivity index (χ3n) is 5.56. The molecule has 2 atom stereocenters. The molecule has 5 heterocycles. The van der Waals surface area contributed by atoms with E-state index in [-0.39, 0.29) is 29.5 Å². The van der Waals surface area contributed by atoms with Gasteiger partial charge in [-0.3, -0.25) is 14.5 Å². The lowest BCUT2D eigenvalue weighted by Crippen LogP contribution is -2.71. The van der Waals surface area contributed by atoms with E-state index in [0.29, 0.717) is 16.9 Å². The number of pyridine rings is 1. The highest BCUT2D eigenvalue weighted by molar-refractivity contribution is 8.00. The number of nitrogens with zero attached hydrogens (tertiary/aromatic N) is 4. The molecule has 1 unspecified atom stereocenters. The molecule has 0 aromatic carbocycles. The number of carbonyl (C=O) groups excluding carboxylic acids is 2. The fourth-order valence-electron chi connectivity index (χ4n) is 4.05. The second kappa shape index (κ2) is 8.79. The van der Waals surface area contributed by atoms with Crippen molar-refractivity contribution in [1.82, 2.24) is 15.4 Å². The summed E-state index contributed by atoms with van der Waals surface area (Å²) in [5, 5.41) is 19.2. The summed E-state index contributed by atoms with van der Waals surface area (Å²) in [5.41, 5.74) is 7.24. The SMILES string of the molecule is CO/N=C(\C(=O)NC1C(=O)N2C(C(=O)O)=C(C[n+]3cccc4occc43)CS[C@H]12)c1cc(N)on1. The number of furan rings is 1. The number of β-lactam (4-membered cyclic amide) rings is 1. The van der Waals surface area contributed by atoms with Crippen LogP contribution < -0.4 is 15.6 Å². The van der Waals surface area contributed by atoms with Gasteiger partial charge in [-0.25, -0.2) is 4.79 Å². The zero-order valence-corrected chi connectivity index (χ0v) is 19.0. The Morgan fingerprint density at radius 3 is 3.00 bits per heavy atom. The highest BCUT2D eigenvalue weighted by Gasteiger charge is 2.55. The standard InChI is InChI=1S/C21H18N6O7S/c1-32-25-15(11-7-14(22)34-24-11)18(28)23-16-19(29)27-17(21(30)31)10(9-35-20(16)27)8-26-5-2-3-13-12(26)4-6-33-13/h2-7,16,20H,8-9H2,1H3,(H3-,22,23,24,28,30,31)/p+1/b25-15-/t16?,20-/m1/s1. The zero-order chi connectivity index (χ0) is 24.7. The van der Waals surface area contributed by atoms with Gasteiger partial charge in [0.05, 0.1) is 6.26 Å². The Balaban J connectivity index is 1.38. The summed E-state index contributed by atoms with van der Waals surface area (Å²) < 4.78 is 12.0. The molecule has 0 bridgehead atoms. The molecule has 0 aliphatic carbocycles. The number of carboxylic acids is 1. The van der Waals surface area contributed by atoms with Gasteiger partial charge in [0, 0.05) is 29.5 Å². The van der Waals surface area contributed by atoms with Crippen molar-refractivity contribution in [2.45, 2.75) is 18.0 Å². The van der Waals surface area contributed by atoms with Crippen molar-refractivity contribution >= 4 is 52.2 Å². The van der Waals surface area contributed by atoms with Crippen molar-refractivity contribution in [1.29, 1.82) is 0 Å². The molecule has 2 aliphatic rings. The van der Waals surface area contributed by atoms with Crippen molar-refractivity contribution < 1.29 is 37.8 Å². The Morgan fingerprint density at radius 1 is 1.46 bits per heavy atom. The summed E-state index contributed by atoms with van der Waals surface area (Å²) in [7, 11) is 1.25. The number of nitrogens with two attached hydrogens (primary N) is 1. The molecule has 1 fully saturated rings.